The number of amides is 1. The van der Waals surface area contributed by atoms with Crippen LogP contribution in [-0.2, 0) is 11.3 Å². The molecule has 1 aromatic heterocycles. The zero-order valence-corrected chi connectivity index (χ0v) is 16.2. The molecule has 2 aliphatic rings. The van der Waals surface area contributed by atoms with Crippen LogP contribution in [0.2, 0.25) is 0 Å². The summed E-state index contributed by atoms with van der Waals surface area (Å²) in [5, 5.41) is 0.793. The standard InChI is InChI=1S/C19H24N4O3S/c1-27-16-11-22(10-15(16)21-8-4-5-9-21)17(24)12-23-18(25)13-6-2-3-7-14(13)20-19(23)26/h2-3,6-7,15-16H,4-5,8-12H2,1H3,(H,20,26)/t15-,16+/m1/s1. The van der Waals surface area contributed by atoms with Gasteiger partial charge in [-0.1, -0.05) is 12.1 Å². The minimum Gasteiger partial charge on any atom is -0.338 e. The van der Waals surface area contributed by atoms with Crippen molar-refractivity contribution in [2.75, 3.05) is 32.4 Å². The highest BCUT2D eigenvalue weighted by Gasteiger charge is 2.39. The highest BCUT2D eigenvalue weighted by atomic mass is 32.2. The van der Waals surface area contributed by atoms with E-state index in [4.69, 9.17) is 0 Å². The first-order chi connectivity index (χ1) is 13.1. The van der Waals surface area contributed by atoms with Gasteiger partial charge in [0, 0.05) is 24.4 Å². The summed E-state index contributed by atoms with van der Waals surface area (Å²) in [6, 6.07) is 7.22. The van der Waals surface area contributed by atoms with Gasteiger partial charge in [0.15, 0.2) is 0 Å². The lowest BCUT2D eigenvalue weighted by Crippen LogP contribution is -2.43. The van der Waals surface area contributed by atoms with E-state index >= 15 is 0 Å². The summed E-state index contributed by atoms with van der Waals surface area (Å²) in [6.07, 6.45) is 4.51. The second-order valence-electron chi connectivity index (χ2n) is 7.25. The number of H-pyrrole nitrogens is 1. The number of thioether (sulfide) groups is 1. The third-order valence-electron chi connectivity index (χ3n) is 5.68. The van der Waals surface area contributed by atoms with Crippen LogP contribution in [-0.4, -0.2) is 69.0 Å². The summed E-state index contributed by atoms with van der Waals surface area (Å²) >= 11 is 1.79. The molecule has 2 aliphatic heterocycles. The molecule has 27 heavy (non-hydrogen) atoms. The first-order valence-corrected chi connectivity index (χ1v) is 10.6. The number of benzene rings is 1. The van der Waals surface area contributed by atoms with Crippen molar-refractivity contribution in [2.24, 2.45) is 0 Å². The first-order valence-electron chi connectivity index (χ1n) is 9.35. The molecule has 2 atom stereocenters. The minimum atomic E-state index is -0.538. The van der Waals surface area contributed by atoms with Gasteiger partial charge in [0.05, 0.1) is 10.9 Å². The van der Waals surface area contributed by atoms with Gasteiger partial charge < -0.3 is 9.88 Å². The summed E-state index contributed by atoms with van der Waals surface area (Å²) in [4.78, 5) is 44.8. The Morgan fingerprint density at radius 1 is 1.19 bits per heavy atom. The predicted molar refractivity (Wildman–Crippen MR) is 107 cm³/mol. The van der Waals surface area contributed by atoms with Crippen LogP contribution in [0.1, 0.15) is 12.8 Å². The molecule has 2 saturated heterocycles. The SMILES string of the molecule is CS[C@H]1CN(C(=O)Cn2c(=O)[nH]c3ccccc3c2=O)C[C@H]1N1CCCC1. The fourth-order valence-electron chi connectivity index (χ4n) is 4.19. The molecule has 1 amide bonds. The summed E-state index contributed by atoms with van der Waals surface area (Å²) in [7, 11) is 0. The molecule has 0 spiro atoms. The summed E-state index contributed by atoms with van der Waals surface area (Å²) in [5.74, 6) is -0.168. The van der Waals surface area contributed by atoms with Crippen LogP contribution in [0.5, 0.6) is 0 Å². The third-order valence-corrected chi connectivity index (χ3v) is 6.75. The maximum atomic E-state index is 12.9. The molecule has 0 aliphatic carbocycles. The number of fused-ring (bicyclic) bond motifs is 1. The van der Waals surface area contributed by atoms with Gasteiger partial charge >= 0.3 is 5.69 Å². The Hall–Kier alpha value is -2.06. The average molecular weight is 388 g/mol. The van der Waals surface area contributed by atoms with Gasteiger partial charge in [0.1, 0.15) is 6.54 Å². The lowest BCUT2D eigenvalue weighted by molar-refractivity contribution is -0.131. The Labute approximate surface area is 161 Å². The zero-order valence-electron chi connectivity index (χ0n) is 15.4. The van der Waals surface area contributed by atoms with Crippen LogP contribution < -0.4 is 11.2 Å². The molecule has 1 aromatic carbocycles. The molecule has 0 unspecified atom stereocenters. The van der Waals surface area contributed by atoms with E-state index in [1.54, 1.807) is 36.0 Å². The molecule has 4 rings (SSSR count). The van der Waals surface area contributed by atoms with Gasteiger partial charge in [-0.05, 0) is 44.3 Å². The van der Waals surface area contributed by atoms with E-state index in [0.717, 1.165) is 17.7 Å². The van der Waals surface area contributed by atoms with Gasteiger partial charge in [-0.15, -0.1) is 0 Å². The normalized spacial score (nSPS) is 23.4. The Kier molecular flexibility index (Phi) is 5.10. The van der Waals surface area contributed by atoms with Gasteiger partial charge in [-0.3, -0.25) is 19.1 Å². The molecule has 3 heterocycles. The number of carbonyl (C=O) groups excluding carboxylic acids is 1. The molecule has 1 N–H and O–H groups in total. The molecule has 2 aromatic rings. The molecular formula is C19H24N4O3S. The Balaban J connectivity index is 1.55. The highest BCUT2D eigenvalue weighted by molar-refractivity contribution is 7.99. The molecule has 144 valence electrons. The molecule has 0 bridgehead atoms. The quantitative estimate of drug-likeness (QED) is 0.835. The van der Waals surface area contributed by atoms with Crippen molar-refractivity contribution in [3.63, 3.8) is 0 Å². The molecule has 8 heteroatoms. The summed E-state index contributed by atoms with van der Waals surface area (Å²) < 4.78 is 1.02. The largest absolute Gasteiger partial charge is 0.338 e. The van der Waals surface area contributed by atoms with E-state index in [2.05, 4.69) is 16.1 Å². The fourth-order valence-corrected chi connectivity index (χ4v) is 5.10. The molecule has 2 fully saturated rings. The number of aromatic amines is 1. The van der Waals surface area contributed by atoms with Gasteiger partial charge in [0.2, 0.25) is 5.91 Å². The van der Waals surface area contributed by atoms with Crippen molar-refractivity contribution in [1.82, 2.24) is 19.4 Å². The highest BCUT2D eigenvalue weighted by Crippen LogP contribution is 2.28. The van der Waals surface area contributed by atoms with E-state index in [0.29, 0.717) is 35.3 Å². The zero-order chi connectivity index (χ0) is 19.0. The number of carbonyl (C=O) groups is 1. The first kappa shape index (κ1) is 18.3. The number of para-hydroxylation sites is 1. The second-order valence-corrected chi connectivity index (χ2v) is 8.33. The van der Waals surface area contributed by atoms with Crippen LogP contribution in [0, 0.1) is 0 Å². The molecule has 7 nitrogen and oxygen atoms in total. The maximum Gasteiger partial charge on any atom is 0.329 e. The van der Waals surface area contributed by atoms with Crippen LogP contribution in [0.3, 0.4) is 0 Å². The number of aromatic nitrogens is 2. The van der Waals surface area contributed by atoms with Crippen LogP contribution >= 0.6 is 11.8 Å². The molecule has 0 saturated carbocycles. The van der Waals surface area contributed by atoms with E-state index in [9.17, 15) is 14.4 Å². The van der Waals surface area contributed by atoms with Crippen molar-refractivity contribution in [3.05, 3.63) is 45.1 Å². The van der Waals surface area contributed by atoms with Gasteiger partial charge in [-0.2, -0.15) is 11.8 Å². The predicted octanol–water partition coefficient (Wildman–Crippen LogP) is 0.728. The Morgan fingerprint density at radius 3 is 2.67 bits per heavy atom. The van der Waals surface area contributed by atoms with E-state index < -0.39 is 11.2 Å². The minimum absolute atomic E-state index is 0.168. The number of likely N-dealkylation sites (tertiary alicyclic amines) is 2. The third kappa shape index (κ3) is 3.43. The maximum absolute atomic E-state index is 12.9. The monoisotopic (exact) mass is 388 g/mol. The van der Waals surface area contributed by atoms with Crippen LogP contribution in [0.15, 0.2) is 33.9 Å². The topological polar surface area (TPSA) is 78.4 Å². The lowest BCUT2D eigenvalue weighted by atomic mass is 10.2. The van der Waals surface area contributed by atoms with Crippen LogP contribution in [0.4, 0.5) is 0 Å². The van der Waals surface area contributed by atoms with E-state index in [1.807, 2.05) is 4.90 Å². The number of nitrogens with one attached hydrogen (secondary N) is 1. The van der Waals surface area contributed by atoms with Crippen molar-refractivity contribution >= 4 is 28.6 Å². The van der Waals surface area contributed by atoms with Crippen LogP contribution in [0.25, 0.3) is 10.9 Å². The van der Waals surface area contributed by atoms with E-state index in [1.165, 1.54) is 12.8 Å². The van der Waals surface area contributed by atoms with E-state index in [-0.39, 0.29) is 12.5 Å². The van der Waals surface area contributed by atoms with Crippen molar-refractivity contribution in [1.29, 1.82) is 0 Å². The molecular weight excluding hydrogens is 364 g/mol. The summed E-state index contributed by atoms with van der Waals surface area (Å²) in [5.41, 5.74) is -0.461. The van der Waals surface area contributed by atoms with Gasteiger partial charge in [-0.25, -0.2) is 4.79 Å². The second kappa shape index (κ2) is 7.52. The van der Waals surface area contributed by atoms with Crippen molar-refractivity contribution in [2.45, 2.75) is 30.7 Å². The fraction of sp³-hybridized carbons (Fsp3) is 0.526. The van der Waals surface area contributed by atoms with Crippen molar-refractivity contribution in [3.8, 4) is 0 Å². The van der Waals surface area contributed by atoms with Gasteiger partial charge in [0.25, 0.3) is 5.56 Å². The number of hydrogen-bond acceptors (Lipinski definition) is 5. The number of rotatable bonds is 4. The Morgan fingerprint density at radius 2 is 1.93 bits per heavy atom. The Bertz CT molecular complexity index is 963. The average Bonchev–Trinajstić information content (AvgIpc) is 3.34. The number of hydrogen-bond donors (Lipinski definition) is 1. The smallest absolute Gasteiger partial charge is 0.329 e. The lowest BCUT2D eigenvalue weighted by Gasteiger charge is -2.27. The summed E-state index contributed by atoms with van der Waals surface area (Å²) in [6.45, 7) is 3.31. The molecule has 0 radical (unpaired) electrons. The van der Waals surface area contributed by atoms with Crippen molar-refractivity contribution < 1.29 is 4.79 Å². The number of nitrogens with zero attached hydrogens (tertiary/aromatic N) is 3.